The molecule has 0 radical (unpaired) electrons. The summed E-state index contributed by atoms with van der Waals surface area (Å²) < 4.78 is 5.49. The molecule has 0 aliphatic rings. The van der Waals surface area contributed by atoms with Crippen molar-refractivity contribution in [3.63, 3.8) is 0 Å². The number of aromatic carboxylic acids is 1. The Morgan fingerprint density at radius 3 is 3.08 bits per heavy atom. The zero-order valence-electron chi connectivity index (χ0n) is 6.32. The van der Waals surface area contributed by atoms with Crippen molar-refractivity contribution in [2.24, 2.45) is 0 Å². The van der Waals surface area contributed by atoms with Gasteiger partial charge >= 0.3 is 5.97 Å². The maximum Gasteiger partial charge on any atom is 0.354 e. The van der Waals surface area contributed by atoms with Crippen LogP contribution in [0.4, 0.5) is 0 Å². The first kappa shape index (κ1) is 8.25. The van der Waals surface area contributed by atoms with Gasteiger partial charge in [0.15, 0.2) is 5.58 Å². The van der Waals surface area contributed by atoms with Crippen molar-refractivity contribution in [1.29, 1.82) is 0 Å². The van der Waals surface area contributed by atoms with E-state index < -0.39 is 5.97 Å². The lowest BCUT2D eigenvalue weighted by atomic mass is 10.3. The molecule has 0 fully saturated rings. The lowest BCUT2D eigenvalue weighted by Crippen LogP contribution is -1.99. The van der Waals surface area contributed by atoms with E-state index >= 15 is 0 Å². The van der Waals surface area contributed by atoms with Crippen molar-refractivity contribution < 1.29 is 14.3 Å². The fraction of sp³-hybridized carbons (Fsp3) is 0. The number of halogens is 1. The van der Waals surface area contributed by atoms with Gasteiger partial charge in [0.25, 0.3) is 0 Å². The third kappa shape index (κ3) is 1.31. The standard InChI is InChI=1S/C8H4BrNO3/c9-7-6-4(1-2-13-6)3-5(10-7)8(11)12/h1-3H,(H,11,12). The molecule has 0 saturated carbocycles. The molecule has 2 aromatic heterocycles. The van der Waals surface area contributed by atoms with Crippen LogP contribution in [0.3, 0.4) is 0 Å². The highest BCUT2D eigenvalue weighted by atomic mass is 79.9. The van der Waals surface area contributed by atoms with Gasteiger partial charge in [-0.3, -0.25) is 0 Å². The Morgan fingerprint density at radius 1 is 1.62 bits per heavy atom. The first-order chi connectivity index (χ1) is 6.18. The van der Waals surface area contributed by atoms with Gasteiger partial charge in [0.05, 0.1) is 6.26 Å². The molecule has 2 aromatic rings. The molecular formula is C8H4BrNO3. The van der Waals surface area contributed by atoms with E-state index in [4.69, 9.17) is 9.52 Å². The average Bonchev–Trinajstić information content (AvgIpc) is 2.51. The van der Waals surface area contributed by atoms with Crippen LogP contribution in [0.2, 0.25) is 0 Å². The van der Waals surface area contributed by atoms with Crippen LogP contribution in [-0.2, 0) is 0 Å². The van der Waals surface area contributed by atoms with Crippen molar-refractivity contribution in [2.45, 2.75) is 0 Å². The van der Waals surface area contributed by atoms with Crippen molar-refractivity contribution in [3.05, 3.63) is 28.7 Å². The lowest BCUT2D eigenvalue weighted by molar-refractivity contribution is 0.0690. The molecule has 4 nitrogen and oxygen atoms in total. The van der Waals surface area contributed by atoms with Crippen molar-refractivity contribution in [2.75, 3.05) is 0 Å². The zero-order chi connectivity index (χ0) is 9.42. The number of carboxylic acid groups (broad SMARTS) is 1. The Balaban J connectivity index is 2.77. The summed E-state index contributed by atoms with van der Waals surface area (Å²) in [5, 5.41) is 9.41. The highest BCUT2D eigenvalue weighted by Crippen LogP contribution is 2.23. The minimum atomic E-state index is -1.05. The number of furan rings is 1. The van der Waals surface area contributed by atoms with Crippen molar-refractivity contribution in [1.82, 2.24) is 4.98 Å². The predicted molar refractivity (Wildman–Crippen MR) is 48.7 cm³/mol. The summed E-state index contributed by atoms with van der Waals surface area (Å²) in [7, 11) is 0. The number of hydrogen-bond acceptors (Lipinski definition) is 3. The van der Waals surface area contributed by atoms with Gasteiger partial charge in [-0.25, -0.2) is 9.78 Å². The van der Waals surface area contributed by atoms with Crippen LogP contribution in [0, 0.1) is 0 Å². The van der Waals surface area contributed by atoms with Crippen LogP contribution < -0.4 is 0 Å². The summed E-state index contributed by atoms with van der Waals surface area (Å²) in [6, 6.07) is 3.15. The van der Waals surface area contributed by atoms with Crippen LogP contribution >= 0.6 is 15.9 Å². The zero-order valence-corrected chi connectivity index (χ0v) is 7.91. The Morgan fingerprint density at radius 2 is 2.38 bits per heavy atom. The quantitative estimate of drug-likeness (QED) is 0.779. The molecule has 13 heavy (non-hydrogen) atoms. The Kier molecular flexibility index (Phi) is 1.81. The summed E-state index contributed by atoms with van der Waals surface area (Å²) in [5.74, 6) is -1.05. The minimum Gasteiger partial charge on any atom is -0.477 e. The molecule has 66 valence electrons. The average molecular weight is 242 g/mol. The van der Waals surface area contributed by atoms with E-state index in [9.17, 15) is 4.79 Å². The second kappa shape index (κ2) is 2.85. The third-order valence-corrected chi connectivity index (χ3v) is 2.15. The van der Waals surface area contributed by atoms with Gasteiger partial charge in [-0.1, -0.05) is 0 Å². The molecule has 2 heterocycles. The number of carboxylic acids is 1. The maximum atomic E-state index is 10.6. The summed E-state index contributed by atoms with van der Waals surface area (Å²) in [6.45, 7) is 0. The largest absolute Gasteiger partial charge is 0.477 e. The third-order valence-electron chi connectivity index (χ3n) is 1.61. The number of carbonyl (C=O) groups is 1. The molecule has 5 heteroatoms. The van der Waals surface area contributed by atoms with Gasteiger partial charge in [0.2, 0.25) is 0 Å². The van der Waals surface area contributed by atoms with E-state index in [-0.39, 0.29) is 5.69 Å². The minimum absolute atomic E-state index is 0.000718. The van der Waals surface area contributed by atoms with E-state index in [1.807, 2.05) is 0 Å². The van der Waals surface area contributed by atoms with Crippen LogP contribution in [0.25, 0.3) is 11.0 Å². The summed E-state index contributed by atoms with van der Waals surface area (Å²) in [6.07, 6.45) is 1.49. The Bertz CT molecular complexity index is 477. The topological polar surface area (TPSA) is 63.3 Å². The van der Waals surface area contributed by atoms with Gasteiger partial charge < -0.3 is 9.52 Å². The van der Waals surface area contributed by atoms with Crippen molar-refractivity contribution in [3.8, 4) is 0 Å². The Hall–Kier alpha value is -1.36. The smallest absolute Gasteiger partial charge is 0.354 e. The SMILES string of the molecule is O=C(O)c1cc2ccoc2c(Br)n1. The molecule has 1 N–H and O–H groups in total. The summed E-state index contributed by atoms with van der Waals surface area (Å²) in [4.78, 5) is 14.4. The highest BCUT2D eigenvalue weighted by molar-refractivity contribution is 9.10. The van der Waals surface area contributed by atoms with Crippen LogP contribution in [0.1, 0.15) is 10.5 Å². The number of nitrogens with zero attached hydrogens (tertiary/aromatic N) is 1. The molecule has 0 aliphatic carbocycles. The number of aromatic nitrogens is 1. The van der Waals surface area contributed by atoms with Crippen LogP contribution in [0.15, 0.2) is 27.4 Å². The van der Waals surface area contributed by atoms with Crippen molar-refractivity contribution >= 4 is 32.9 Å². The number of fused-ring (bicyclic) bond motifs is 1. The molecule has 0 atom stereocenters. The molecule has 0 unspecified atom stereocenters. The molecule has 0 aliphatic heterocycles. The molecule has 0 saturated heterocycles. The van der Waals surface area contributed by atoms with Gasteiger partial charge in [-0.05, 0) is 28.1 Å². The predicted octanol–water partition coefficient (Wildman–Crippen LogP) is 2.29. The van der Waals surface area contributed by atoms with E-state index in [0.29, 0.717) is 10.2 Å². The Labute approximate surface area is 81.3 Å². The summed E-state index contributed by atoms with van der Waals surface area (Å²) >= 11 is 3.13. The highest BCUT2D eigenvalue weighted by Gasteiger charge is 2.10. The number of rotatable bonds is 1. The first-order valence-corrected chi connectivity index (χ1v) is 4.25. The maximum absolute atomic E-state index is 10.6. The lowest BCUT2D eigenvalue weighted by Gasteiger charge is -1.95. The second-order valence-electron chi connectivity index (χ2n) is 2.44. The second-order valence-corrected chi connectivity index (χ2v) is 3.19. The normalized spacial score (nSPS) is 10.5. The summed E-state index contributed by atoms with van der Waals surface area (Å²) in [5.41, 5.74) is 0.561. The van der Waals surface area contributed by atoms with Gasteiger partial charge in [-0.2, -0.15) is 0 Å². The molecule has 2 rings (SSSR count). The van der Waals surface area contributed by atoms with E-state index in [1.165, 1.54) is 12.3 Å². The van der Waals surface area contributed by atoms with Crippen LogP contribution in [-0.4, -0.2) is 16.1 Å². The molecule has 0 amide bonds. The molecule has 0 bridgehead atoms. The number of hydrogen-bond donors (Lipinski definition) is 1. The molecule has 0 spiro atoms. The molecule has 0 aromatic carbocycles. The molecular weight excluding hydrogens is 238 g/mol. The monoisotopic (exact) mass is 241 g/mol. The van der Waals surface area contributed by atoms with E-state index in [1.54, 1.807) is 6.07 Å². The van der Waals surface area contributed by atoms with Gasteiger partial charge in [0, 0.05) is 5.39 Å². The van der Waals surface area contributed by atoms with Crippen LogP contribution in [0.5, 0.6) is 0 Å². The van der Waals surface area contributed by atoms with Gasteiger partial charge in [-0.15, -0.1) is 0 Å². The first-order valence-electron chi connectivity index (χ1n) is 3.45. The fourth-order valence-corrected chi connectivity index (χ4v) is 1.56. The van der Waals surface area contributed by atoms with E-state index in [0.717, 1.165) is 5.39 Å². The fourth-order valence-electron chi connectivity index (χ4n) is 1.05. The number of pyridine rings is 1. The van der Waals surface area contributed by atoms with Gasteiger partial charge in [0.1, 0.15) is 10.3 Å². The van der Waals surface area contributed by atoms with E-state index in [2.05, 4.69) is 20.9 Å².